The Kier molecular flexibility index (Phi) is 4.74. The number of anilines is 1. The van der Waals surface area contributed by atoms with Crippen LogP contribution in [0.25, 0.3) is 0 Å². The molecule has 0 aliphatic carbocycles. The molecule has 1 aromatic carbocycles. The molecule has 0 radical (unpaired) electrons. The van der Waals surface area contributed by atoms with Crippen molar-refractivity contribution in [3.63, 3.8) is 0 Å². The summed E-state index contributed by atoms with van der Waals surface area (Å²) in [4.78, 5) is 21.7. The molecular weight excluding hydrogens is 258 g/mol. The molecule has 0 saturated carbocycles. The van der Waals surface area contributed by atoms with Crippen LogP contribution < -0.4 is 5.32 Å². The lowest BCUT2D eigenvalue weighted by Crippen LogP contribution is -2.19. The van der Waals surface area contributed by atoms with Crippen molar-refractivity contribution in [3.8, 4) is 0 Å². The Morgan fingerprint density at radius 2 is 2.10 bits per heavy atom. The normalized spacial score (nSPS) is 15.3. The first-order chi connectivity index (χ1) is 9.56. The maximum atomic E-state index is 11.3. The smallest absolute Gasteiger partial charge is 0.303 e. The minimum Gasteiger partial charge on any atom is -0.481 e. The Labute approximate surface area is 117 Å². The van der Waals surface area contributed by atoms with Crippen molar-refractivity contribution in [3.05, 3.63) is 29.3 Å². The van der Waals surface area contributed by atoms with E-state index < -0.39 is 12.1 Å². The Morgan fingerprint density at radius 1 is 1.30 bits per heavy atom. The summed E-state index contributed by atoms with van der Waals surface area (Å²) in [5, 5.41) is 21.5. The van der Waals surface area contributed by atoms with Gasteiger partial charge in [0.2, 0.25) is 5.91 Å². The molecule has 1 atom stereocenters. The highest BCUT2D eigenvalue weighted by Crippen LogP contribution is 2.28. The number of aliphatic hydroxyl groups is 1. The van der Waals surface area contributed by atoms with Gasteiger partial charge in [-0.2, -0.15) is 0 Å². The van der Waals surface area contributed by atoms with E-state index in [1.807, 2.05) is 18.2 Å². The lowest BCUT2D eigenvalue weighted by atomic mass is 9.96. The predicted octanol–water partition coefficient (Wildman–Crippen LogP) is 2.25. The van der Waals surface area contributed by atoms with Gasteiger partial charge in [-0.1, -0.05) is 12.1 Å². The predicted molar refractivity (Wildman–Crippen MR) is 74.5 cm³/mol. The number of carboxylic acid groups (broad SMARTS) is 1. The van der Waals surface area contributed by atoms with Crippen LogP contribution in [0.4, 0.5) is 5.69 Å². The summed E-state index contributed by atoms with van der Waals surface area (Å²) in [6, 6.07) is 5.56. The molecule has 2 rings (SSSR count). The van der Waals surface area contributed by atoms with Crippen LogP contribution in [0.5, 0.6) is 0 Å². The fraction of sp³-hybridized carbons (Fsp3) is 0.467. The maximum Gasteiger partial charge on any atom is 0.303 e. The number of aryl methyl sites for hydroxylation is 1. The van der Waals surface area contributed by atoms with Gasteiger partial charge >= 0.3 is 5.97 Å². The van der Waals surface area contributed by atoms with Gasteiger partial charge in [-0.05, 0) is 42.9 Å². The molecule has 3 N–H and O–H groups in total. The molecule has 1 heterocycles. The lowest BCUT2D eigenvalue weighted by Gasteiger charge is -2.19. The van der Waals surface area contributed by atoms with Crippen LogP contribution in [0.15, 0.2) is 18.2 Å². The molecule has 5 heteroatoms. The summed E-state index contributed by atoms with van der Waals surface area (Å²) in [6.45, 7) is 0. The number of carbonyl (C=O) groups is 2. The fourth-order valence-electron chi connectivity index (χ4n) is 2.39. The highest BCUT2D eigenvalue weighted by atomic mass is 16.4. The number of hydrogen-bond acceptors (Lipinski definition) is 3. The highest BCUT2D eigenvalue weighted by molar-refractivity contribution is 5.93. The Hall–Kier alpha value is -1.88. The molecule has 108 valence electrons. The molecule has 20 heavy (non-hydrogen) atoms. The highest BCUT2D eigenvalue weighted by Gasteiger charge is 2.16. The van der Waals surface area contributed by atoms with Gasteiger partial charge in [-0.15, -0.1) is 0 Å². The SMILES string of the molecule is O=C(O)CCCCC(O)c1ccc2c(c1)CCC(=O)N2. The number of aliphatic hydroxyl groups excluding tert-OH is 1. The number of aliphatic carboxylic acids is 1. The van der Waals surface area contributed by atoms with Crippen molar-refractivity contribution in [2.24, 2.45) is 0 Å². The average Bonchev–Trinajstić information content (AvgIpc) is 2.42. The van der Waals surface area contributed by atoms with Crippen LogP contribution in [0.3, 0.4) is 0 Å². The van der Waals surface area contributed by atoms with Crippen molar-refractivity contribution >= 4 is 17.6 Å². The first kappa shape index (κ1) is 14.5. The second-order valence-corrected chi connectivity index (χ2v) is 5.12. The zero-order chi connectivity index (χ0) is 14.5. The Balaban J connectivity index is 1.92. The van der Waals surface area contributed by atoms with Gasteiger partial charge in [0.15, 0.2) is 0 Å². The summed E-state index contributed by atoms with van der Waals surface area (Å²) in [5.74, 6) is -0.775. The average molecular weight is 277 g/mol. The zero-order valence-corrected chi connectivity index (χ0v) is 11.3. The van der Waals surface area contributed by atoms with Crippen molar-refractivity contribution in [2.75, 3.05) is 5.32 Å². The summed E-state index contributed by atoms with van der Waals surface area (Å²) in [5.41, 5.74) is 2.70. The number of unbranched alkanes of at least 4 members (excludes halogenated alkanes) is 1. The van der Waals surface area contributed by atoms with Gasteiger partial charge in [0, 0.05) is 18.5 Å². The largest absolute Gasteiger partial charge is 0.481 e. The Morgan fingerprint density at radius 3 is 2.85 bits per heavy atom. The van der Waals surface area contributed by atoms with Crippen molar-refractivity contribution in [2.45, 2.75) is 44.6 Å². The minimum absolute atomic E-state index is 0.0273. The topological polar surface area (TPSA) is 86.6 Å². The van der Waals surface area contributed by atoms with Crippen LogP contribution in [-0.2, 0) is 16.0 Å². The third-order valence-electron chi connectivity index (χ3n) is 3.53. The van der Waals surface area contributed by atoms with Crippen LogP contribution in [0.1, 0.15) is 49.3 Å². The standard InChI is InChI=1S/C15H19NO4/c17-13(3-1-2-4-15(19)20)11-5-7-12-10(9-11)6-8-14(18)16-12/h5,7,9,13,17H,1-4,6,8H2,(H,16,18)(H,19,20). The number of rotatable bonds is 6. The quantitative estimate of drug-likeness (QED) is 0.696. The maximum absolute atomic E-state index is 11.3. The van der Waals surface area contributed by atoms with E-state index in [1.165, 1.54) is 0 Å². The molecule has 5 nitrogen and oxygen atoms in total. The molecule has 1 unspecified atom stereocenters. The summed E-state index contributed by atoms with van der Waals surface area (Å²) < 4.78 is 0. The first-order valence-corrected chi connectivity index (χ1v) is 6.89. The zero-order valence-electron chi connectivity index (χ0n) is 11.3. The second kappa shape index (κ2) is 6.52. The van der Waals surface area contributed by atoms with Crippen LogP contribution in [0, 0.1) is 0 Å². The summed E-state index contributed by atoms with van der Waals surface area (Å²) in [7, 11) is 0. The van der Waals surface area contributed by atoms with Crippen LogP contribution in [0.2, 0.25) is 0 Å². The van der Waals surface area contributed by atoms with Gasteiger partial charge < -0.3 is 15.5 Å². The fourth-order valence-corrected chi connectivity index (χ4v) is 2.39. The van der Waals surface area contributed by atoms with Gasteiger partial charge in [0.05, 0.1) is 6.10 Å². The minimum atomic E-state index is -0.802. The first-order valence-electron chi connectivity index (χ1n) is 6.89. The third kappa shape index (κ3) is 3.81. The monoisotopic (exact) mass is 277 g/mol. The van der Waals surface area contributed by atoms with Crippen molar-refractivity contribution < 1.29 is 19.8 Å². The summed E-state index contributed by atoms with van der Waals surface area (Å²) >= 11 is 0. The molecule has 0 fully saturated rings. The molecule has 1 aliphatic rings. The Bertz CT molecular complexity index is 513. The van der Waals surface area contributed by atoms with E-state index >= 15 is 0 Å². The van der Waals surface area contributed by atoms with E-state index in [9.17, 15) is 14.7 Å². The molecular formula is C15H19NO4. The van der Waals surface area contributed by atoms with Gasteiger partial charge in [0.1, 0.15) is 0 Å². The van der Waals surface area contributed by atoms with E-state index in [0.717, 1.165) is 16.8 Å². The number of nitrogens with one attached hydrogen (secondary N) is 1. The van der Waals surface area contributed by atoms with E-state index in [2.05, 4.69) is 5.32 Å². The van der Waals surface area contributed by atoms with Gasteiger partial charge in [-0.3, -0.25) is 9.59 Å². The van der Waals surface area contributed by atoms with E-state index in [4.69, 9.17) is 5.11 Å². The number of carbonyl (C=O) groups excluding carboxylic acids is 1. The second-order valence-electron chi connectivity index (χ2n) is 5.12. The lowest BCUT2D eigenvalue weighted by molar-refractivity contribution is -0.137. The van der Waals surface area contributed by atoms with E-state index in [0.29, 0.717) is 32.1 Å². The van der Waals surface area contributed by atoms with E-state index in [1.54, 1.807) is 0 Å². The van der Waals surface area contributed by atoms with Gasteiger partial charge in [-0.25, -0.2) is 0 Å². The molecule has 1 aromatic rings. The van der Waals surface area contributed by atoms with Crippen LogP contribution >= 0.6 is 0 Å². The van der Waals surface area contributed by atoms with Crippen LogP contribution in [-0.4, -0.2) is 22.1 Å². The van der Waals surface area contributed by atoms with Gasteiger partial charge in [0.25, 0.3) is 0 Å². The molecule has 0 spiro atoms. The number of fused-ring (bicyclic) bond motifs is 1. The molecule has 0 aromatic heterocycles. The third-order valence-corrected chi connectivity index (χ3v) is 3.53. The number of amides is 1. The van der Waals surface area contributed by atoms with Crippen molar-refractivity contribution in [1.29, 1.82) is 0 Å². The molecule has 1 amide bonds. The van der Waals surface area contributed by atoms with E-state index in [-0.39, 0.29) is 12.3 Å². The number of hydrogen-bond donors (Lipinski definition) is 3. The molecule has 1 aliphatic heterocycles. The number of benzene rings is 1. The molecule has 0 saturated heterocycles. The number of carboxylic acids is 1. The van der Waals surface area contributed by atoms with Crippen molar-refractivity contribution in [1.82, 2.24) is 0 Å². The molecule has 0 bridgehead atoms. The summed E-state index contributed by atoms with van der Waals surface area (Å²) in [6.07, 6.45) is 2.55.